The number of amides is 6. The lowest BCUT2D eigenvalue weighted by Gasteiger charge is -2.39. The number of carbonyl (C=O) groups is 6. The van der Waals surface area contributed by atoms with Gasteiger partial charge in [0, 0.05) is 13.6 Å². The molecule has 0 aliphatic carbocycles. The van der Waals surface area contributed by atoms with Crippen molar-refractivity contribution in [1.82, 2.24) is 25.8 Å². The standard InChI is InChI=1S/C34H52N6O6/c1-19(2)17-25-30(42)38-28(21(5)6)32(44)36-24-14-10-9-13-23(24)33(45)40-16-12-11-15-26(40)34(46)39(8)27(18-20(3)4)31(43)35-22(7)29(41)37-25/h9-10,13-14,19-22,25-28H,11-12,15-18H2,1-8H3,(H,35,43)(H,36,44)(H,37,41)(H,38,42). The van der Waals surface area contributed by atoms with E-state index in [1.165, 1.54) is 16.7 Å². The number of fused-ring (bicyclic) bond motifs is 2. The second-order valence-corrected chi connectivity index (χ2v) is 13.8. The van der Waals surface area contributed by atoms with Gasteiger partial charge in [0.25, 0.3) is 5.91 Å². The second kappa shape index (κ2) is 16.0. The maximum absolute atomic E-state index is 14.1. The van der Waals surface area contributed by atoms with Crippen molar-refractivity contribution in [3.63, 3.8) is 0 Å². The number of nitrogens with zero attached hydrogens (tertiary/aromatic N) is 2. The number of rotatable bonds is 5. The summed E-state index contributed by atoms with van der Waals surface area (Å²) in [5, 5.41) is 11.2. The molecule has 2 heterocycles. The van der Waals surface area contributed by atoms with Crippen LogP contribution in [0.5, 0.6) is 0 Å². The lowest BCUT2D eigenvalue weighted by molar-refractivity contribution is -0.144. The molecule has 46 heavy (non-hydrogen) atoms. The molecular weight excluding hydrogens is 588 g/mol. The van der Waals surface area contributed by atoms with Crippen LogP contribution in [0.25, 0.3) is 0 Å². The minimum Gasteiger partial charge on any atom is -0.343 e. The zero-order valence-corrected chi connectivity index (χ0v) is 28.5. The van der Waals surface area contributed by atoms with E-state index in [0.29, 0.717) is 32.2 Å². The minimum atomic E-state index is -1.01. The first-order valence-corrected chi connectivity index (χ1v) is 16.5. The summed E-state index contributed by atoms with van der Waals surface area (Å²) in [5.41, 5.74) is 0.485. The van der Waals surface area contributed by atoms with Gasteiger partial charge in [0.15, 0.2) is 0 Å². The molecular formula is C34H52N6O6. The number of piperidine rings is 1. The SMILES string of the molecule is CC(C)CC1NC(=O)C(C)NC(=O)C(CC(C)C)N(C)C(=O)C2CCCCN2C(=O)c2ccccc2NC(=O)C(C(C)C)NC1=O. The lowest BCUT2D eigenvalue weighted by Crippen LogP contribution is -2.59. The normalized spacial score (nSPS) is 26.0. The molecule has 4 N–H and O–H groups in total. The summed E-state index contributed by atoms with van der Waals surface area (Å²) in [4.78, 5) is 85.3. The predicted octanol–water partition coefficient (Wildman–Crippen LogP) is 2.68. The van der Waals surface area contributed by atoms with Crippen LogP contribution in [0.4, 0.5) is 5.69 Å². The number of nitrogens with one attached hydrogen (secondary N) is 4. The minimum absolute atomic E-state index is 0.0281. The number of hydrogen-bond donors (Lipinski definition) is 4. The summed E-state index contributed by atoms with van der Waals surface area (Å²) in [6.07, 6.45) is 2.50. The van der Waals surface area contributed by atoms with Crippen molar-refractivity contribution in [2.75, 3.05) is 18.9 Å². The molecule has 12 heteroatoms. The van der Waals surface area contributed by atoms with Crippen LogP contribution in [0.15, 0.2) is 24.3 Å². The largest absolute Gasteiger partial charge is 0.343 e. The van der Waals surface area contributed by atoms with E-state index in [1.807, 2.05) is 27.7 Å². The Morgan fingerprint density at radius 1 is 0.783 bits per heavy atom. The molecule has 2 aliphatic rings. The fourth-order valence-corrected chi connectivity index (χ4v) is 6.01. The molecule has 6 amide bonds. The van der Waals surface area contributed by atoms with Crippen molar-refractivity contribution in [1.29, 1.82) is 0 Å². The van der Waals surface area contributed by atoms with E-state index in [4.69, 9.17) is 0 Å². The first-order chi connectivity index (χ1) is 21.6. The third kappa shape index (κ3) is 9.07. The van der Waals surface area contributed by atoms with Gasteiger partial charge in [-0.1, -0.05) is 53.7 Å². The lowest BCUT2D eigenvalue weighted by atomic mass is 9.96. The zero-order chi connectivity index (χ0) is 34.3. The summed E-state index contributed by atoms with van der Waals surface area (Å²) in [5.74, 6) is -3.13. The molecule has 1 fully saturated rings. The Morgan fingerprint density at radius 3 is 2.07 bits per heavy atom. The highest BCUT2D eigenvalue weighted by atomic mass is 16.2. The van der Waals surface area contributed by atoms with Crippen molar-refractivity contribution in [3.8, 4) is 0 Å². The van der Waals surface area contributed by atoms with E-state index in [0.717, 1.165) is 6.42 Å². The highest BCUT2D eigenvalue weighted by Gasteiger charge is 2.39. The van der Waals surface area contributed by atoms with Crippen LogP contribution < -0.4 is 21.3 Å². The zero-order valence-electron chi connectivity index (χ0n) is 28.5. The molecule has 1 aromatic rings. The Labute approximate surface area is 272 Å². The molecule has 254 valence electrons. The topological polar surface area (TPSA) is 157 Å². The number of benzene rings is 1. The maximum Gasteiger partial charge on any atom is 0.256 e. The summed E-state index contributed by atoms with van der Waals surface area (Å²) < 4.78 is 0. The van der Waals surface area contributed by atoms with E-state index in [2.05, 4.69) is 21.3 Å². The smallest absolute Gasteiger partial charge is 0.256 e. The van der Waals surface area contributed by atoms with Crippen molar-refractivity contribution in [2.45, 2.75) is 111 Å². The fraction of sp³-hybridized carbons (Fsp3) is 0.647. The van der Waals surface area contributed by atoms with E-state index in [1.54, 1.807) is 45.2 Å². The number of hydrogen-bond acceptors (Lipinski definition) is 6. The van der Waals surface area contributed by atoms with Crippen molar-refractivity contribution < 1.29 is 28.8 Å². The van der Waals surface area contributed by atoms with Gasteiger partial charge in [-0.05, 0) is 68.9 Å². The Balaban J connectivity index is 2.11. The van der Waals surface area contributed by atoms with E-state index in [-0.39, 0.29) is 34.9 Å². The predicted molar refractivity (Wildman–Crippen MR) is 176 cm³/mol. The Hall–Kier alpha value is -3.96. The molecule has 1 aromatic carbocycles. The van der Waals surface area contributed by atoms with Gasteiger partial charge >= 0.3 is 0 Å². The summed E-state index contributed by atoms with van der Waals surface area (Å²) in [7, 11) is 1.56. The first-order valence-electron chi connectivity index (χ1n) is 16.5. The van der Waals surface area contributed by atoms with Gasteiger partial charge in [0.05, 0.1) is 11.3 Å². The van der Waals surface area contributed by atoms with Crippen molar-refractivity contribution in [3.05, 3.63) is 29.8 Å². The number of carbonyl (C=O) groups excluding carboxylic acids is 6. The van der Waals surface area contributed by atoms with Gasteiger partial charge in [-0.15, -0.1) is 0 Å². The summed E-state index contributed by atoms with van der Waals surface area (Å²) in [6.45, 7) is 13.2. The molecule has 0 aromatic heterocycles. The van der Waals surface area contributed by atoms with Crippen LogP contribution in [-0.4, -0.2) is 89.0 Å². The number of para-hydroxylation sites is 1. The monoisotopic (exact) mass is 640 g/mol. The summed E-state index contributed by atoms with van der Waals surface area (Å²) >= 11 is 0. The van der Waals surface area contributed by atoms with Gasteiger partial charge in [0.2, 0.25) is 29.5 Å². The Bertz CT molecular complexity index is 1300. The van der Waals surface area contributed by atoms with Gasteiger partial charge in [-0.3, -0.25) is 28.8 Å². The van der Waals surface area contributed by atoms with Gasteiger partial charge in [-0.2, -0.15) is 0 Å². The van der Waals surface area contributed by atoms with Crippen LogP contribution in [0.3, 0.4) is 0 Å². The molecule has 12 nitrogen and oxygen atoms in total. The second-order valence-electron chi connectivity index (χ2n) is 13.8. The molecule has 5 atom stereocenters. The molecule has 0 spiro atoms. The molecule has 1 saturated heterocycles. The molecule has 0 bridgehead atoms. The van der Waals surface area contributed by atoms with Crippen LogP contribution in [0.1, 0.15) is 90.9 Å². The average Bonchev–Trinajstić information content (AvgIpc) is 3.00. The van der Waals surface area contributed by atoms with Gasteiger partial charge in [0.1, 0.15) is 30.2 Å². The first kappa shape index (κ1) is 36.5. The third-order valence-electron chi connectivity index (χ3n) is 8.62. The third-order valence-corrected chi connectivity index (χ3v) is 8.62. The van der Waals surface area contributed by atoms with Crippen LogP contribution in [-0.2, 0) is 24.0 Å². The molecule has 0 saturated carbocycles. The van der Waals surface area contributed by atoms with E-state index >= 15 is 0 Å². The molecule has 5 unspecified atom stereocenters. The van der Waals surface area contributed by atoms with Gasteiger partial charge in [-0.25, -0.2) is 0 Å². The van der Waals surface area contributed by atoms with Crippen LogP contribution in [0, 0.1) is 17.8 Å². The van der Waals surface area contributed by atoms with E-state index < -0.39 is 59.7 Å². The molecule has 0 radical (unpaired) electrons. The Morgan fingerprint density at radius 2 is 1.43 bits per heavy atom. The highest BCUT2D eigenvalue weighted by Crippen LogP contribution is 2.26. The van der Waals surface area contributed by atoms with Crippen molar-refractivity contribution in [2.24, 2.45) is 17.8 Å². The van der Waals surface area contributed by atoms with Crippen LogP contribution in [0.2, 0.25) is 0 Å². The van der Waals surface area contributed by atoms with Gasteiger partial charge < -0.3 is 31.1 Å². The maximum atomic E-state index is 14.1. The average molecular weight is 641 g/mol. The summed E-state index contributed by atoms with van der Waals surface area (Å²) in [6, 6.07) is 1.95. The fourth-order valence-electron chi connectivity index (χ4n) is 6.01. The quantitative estimate of drug-likeness (QED) is 0.388. The molecule has 2 aliphatic heterocycles. The number of likely N-dealkylation sites (N-methyl/N-ethyl adjacent to an activating group) is 1. The molecule has 3 rings (SSSR count). The van der Waals surface area contributed by atoms with Crippen molar-refractivity contribution >= 4 is 41.1 Å². The van der Waals surface area contributed by atoms with E-state index in [9.17, 15) is 28.8 Å². The Kier molecular flexibility index (Phi) is 12.7. The van der Waals surface area contributed by atoms with Crippen LogP contribution >= 0.6 is 0 Å². The number of anilines is 1. The highest BCUT2D eigenvalue weighted by molar-refractivity contribution is 6.07.